The van der Waals surface area contributed by atoms with Crippen molar-refractivity contribution in [3.05, 3.63) is 0 Å². The Bertz CT molecular complexity index is 232. The molecule has 0 nitrogen and oxygen atoms in total. The van der Waals surface area contributed by atoms with Crippen LogP contribution in [-0.4, -0.2) is 24.2 Å². The molecule has 0 spiro atoms. The van der Waals surface area contributed by atoms with E-state index in [9.17, 15) is 35.1 Å². The van der Waals surface area contributed by atoms with E-state index in [-0.39, 0.29) is 0 Å². The molecular formula is C8H10F8. The Morgan fingerprint density at radius 1 is 0.875 bits per heavy atom. The van der Waals surface area contributed by atoms with E-state index in [1.165, 1.54) is 0 Å². The lowest BCUT2D eigenvalue weighted by molar-refractivity contribution is -0.341. The first-order valence-electron chi connectivity index (χ1n) is 4.28. The molecule has 8 heteroatoms. The molecule has 0 bridgehead atoms. The van der Waals surface area contributed by atoms with Crippen molar-refractivity contribution in [1.82, 2.24) is 0 Å². The van der Waals surface area contributed by atoms with Crippen molar-refractivity contribution in [1.29, 1.82) is 0 Å². The van der Waals surface area contributed by atoms with Gasteiger partial charge in [-0.3, -0.25) is 0 Å². The molecule has 0 aromatic carbocycles. The van der Waals surface area contributed by atoms with Crippen LogP contribution >= 0.6 is 0 Å². The maximum Gasteiger partial charge on any atom is 0.377 e. The summed E-state index contributed by atoms with van der Waals surface area (Å²) in [7, 11) is 0. The lowest BCUT2D eigenvalue weighted by Crippen LogP contribution is -2.57. The molecule has 0 rings (SSSR count). The SMILES string of the molecule is CC(C)CC(F)(F)C(F)(F)C(F)(F)C(F)F. The topological polar surface area (TPSA) is 0 Å². The second-order valence-electron chi connectivity index (χ2n) is 3.80. The van der Waals surface area contributed by atoms with Crippen molar-refractivity contribution in [2.45, 2.75) is 44.5 Å². The smallest absolute Gasteiger partial charge is 0.203 e. The van der Waals surface area contributed by atoms with Crippen LogP contribution in [0.4, 0.5) is 35.1 Å². The van der Waals surface area contributed by atoms with Crippen LogP contribution < -0.4 is 0 Å². The average molecular weight is 258 g/mol. The average Bonchev–Trinajstić information content (AvgIpc) is 2.00. The Morgan fingerprint density at radius 3 is 1.50 bits per heavy atom. The van der Waals surface area contributed by atoms with Crippen LogP contribution in [-0.2, 0) is 0 Å². The number of hydrogen-bond donors (Lipinski definition) is 0. The fourth-order valence-electron chi connectivity index (χ4n) is 1.02. The number of hydrogen-bond acceptors (Lipinski definition) is 0. The van der Waals surface area contributed by atoms with Crippen LogP contribution in [0.2, 0.25) is 0 Å². The fraction of sp³-hybridized carbons (Fsp3) is 1.00. The molecule has 0 unspecified atom stereocenters. The first-order chi connectivity index (χ1) is 6.86. The molecule has 98 valence electrons. The van der Waals surface area contributed by atoms with Gasteiger partial charge in [0.05, 0.1) is 0 Å². The monoisotopic (exact) mass is 258 g/mol. The van der Waals surface area contributed by atoms with Crippen LogP contribution in [0.5, 0.6) is 0 Å². The van der Waals surface area contributed by atoms with E-state index in [4.69, 9.17) is 0 Å². The Balaban J connectivity index is 5.17. The molecule has 16 heavy (non-hydrogen) atoms. The largest absolute Gasteiger partial charge is 0.377 e. The van der Waals surface area contributed by atoms with Gasteiger partial charge in [0.1, 0.15) is 0 Å². The second-order valence-corrected chi connectivity index (χ2v) is 3.80. The summed E-state index contributed by atoms with van der Waals surface area (Å²) >= 11 is 0. The molecule has 0 aromatic heterocycles. The van der Waals surface area contributed by atoms with Gasteiger partial charge in [-0.25, -0.2) is 8.78 Å². The quantitative estimate of drug-likeness (QED) is 0.648. The molecular weight excluding hydrogens is 248 g/mol. The van der Waals surface area contributed by atoms with Gasteiger partial charge in [-0.15, -0.1) is 0 Å². The molecule has 0 heterocycles. The summed E-state index contributed by atoms with van der Waals surface area (Å²) in [5.41, 5.74) is 0. The predicted molar refractivity (Wildman–Crippen MR) is 40.3 cm³/mol. The van der Waals surface area contributed by atoms with Gasteiger partial charge in [0, 0.05) is 6.42 Å². The number of alkyl halides is 8. The zero-order valence-electron chi connectivity index (χ0n) is 8.39. The van der Waals surface area contributed by atoms with E-state index >= 15 is 0 Å². The van der Waals surface area contributed by atoms with E-state index in [1.807, 2.05) is 0 Å². The number of halogens is 8. The summed E-state index contributed by atoms with van der Waals surface area (Å²) in [5, 5.41) is 0. The molecule has 0 aliphatic heterocycles. The highest BCUT2D eigenvalue weighted by Crippen LogP contribution is 2.50. The highest BCUT2D eigenvalue weighted by Gasteiger charge is 2.74. The van der Waals surface area contributed by atoms with Gasteiger partial charge in [-0.2, -0.15) is 26.3 Å². The minimum atomic E-state index is -6.07. The minimum absolute atomic E-state index is 1.03. The summed E-state index contributed by atoms with van der Waals surface area (Å²) in [6.45, 7) is 2.18. The number of rotatable bonds is 5. The zero-order chi connectivity index (χ0) is 13.4. The molecule has 0 saturated heterocycles. The Kier molecular flexibility index (Phi) is 4.21. The normalized spacial score (nSPS) is 15.0. The molecule has 0 fully saturated rings. The zero-order valence-corrected chi connectivity index (χ0v) is 8.39. The van der Waals surface area contributed by atoms with Crippen molar-refractivity contribution in [2.24, 2.45) is 5.92 Å². The van der Waals surface area contributed by atoms with Crippen LogP contribution in [0.1, 0.15) is 20.3 Å². The van der Waals surface area contributed by atoms with E-state index < -0.39 is 36.5 Å². The highest BCUT2D eigenvalue weighted by molar-refractivity contribution is 4.98. The molecule has 0 aliphatic carbocycles. The Morgan fingerprint density at radius 2 is 1.25 bits per heavy atom. The van der Waals surface area contributed by atoms with Gasteiger partial charge in [-0.1, -0.05) is 13.8 Å². The maximum atomic E-state index is 12.7. The molecule has 0 amide bonds. The fourth-order valence-corrected chi connectivity index (χ4v) is 1.02. The molecule has 0 aromatic rings. The minimum Gasteiger partial charge on any atom is -0.203 e. The maximum absolute atomic E-state index is 12.7. The van der Waals surface area contributed by atoms with Gasteiger partial charge in [0.25, 0.3) is 0 Å². The van der Waals surface area contributed by atoms with Gasteiger partial charge in [-0.05, 0) is 5.92 Å². The van der Waals surface area contributed by atoms with Crippen LogP contribution in [0, 0.1) is 5.92 Å². The first-order valence-corrected chi connectivity index (χ1v) is 4.28. The third-order valence-corrected chi connectivity index (χ3v) is 1.82. The predicted octanol–water partition coefficient (Wildman–Crippen LogP) is 4.20. The van der Waals surface area contributed by atoms with Crippen molar-refractivity contribution in [2.75, 3.05) is 0 Å². The van der Waals surface area contributed by atoms with Crippen molar-refractivity contribution in [3.63, 3.8) is 0 Å². The second kappa shape index (κ2) is 4.37. The van der Waals surface area contributed by atoms with E-state index in [0.717, 1.165) is 13.8 Å². The Hall–Kier alpha value is -0.560. The van der Waals surface area contributed by atoms with Gasteiger partial charge in [0.15, 0.2) is 0 Å². The van der Waals surface area contributed by atoms with Gasteiger partial charge >= 0.3 is 24.2 Å². The molecule has 0 radical (unpaired) electrons. The van der Waals surface area contributed by atoms with Crippen LogP contribution in [0.3, 0.4) is 0 Å². The van der Waals surface area contributed by atoms with E-state index in [0.29, 0.717) is 0 Å². The standard InChI is InChI=1S/C8H10F8/c1-4(2)3-6(11,12)8(15,16)7(13,14)5(9)10/h4-5H,3H2,1-2H3. The van der Waals surface area contributed by atoms with E-state index in [2.05, 4.69) is 0 Å². The third kappa shape index (κ3) is 2.57. The molecule has 0 aliphatic rings. The van der Waals surface area contributed by atoms with Gasteiger partial charge in [0.2, 0.25) is 0 Å². The van der Waals surface area contributed by atoms with Crippen molar-refractivity contribution < 1.29 is 35.1 Å². The first kappa shape index (κ1) is 15.4. The summed E-state index contributed by atoms with van der Waals surface area (Å²) in [6.07, 6.45) is -6.44. The van der Waals surface area contributed by atoms with E-state index in [1.54, 1.807) is 0 Å². The Labute approximate surface area is 86.6 Å². The summed E-state index contributed by atoms with van der Waals surface area (Å²) in [6, 6.07) is 0. The molecule has 0 atom stereocenters. The summed E-state index contributed by atoms with van der Waals surface area (Å²) < 4.78 is 98.5. The molecule has 0 saturated carbocycles. The van der Waals surface area contributed by atoms with Crippen molar-refractivity contribution in [3.8, 4) is 0 Å². The van der Waals surface area contributed by atoms with Crippen molar-refractivity contribution >= 4 is 0 Å². The van der Waals surface area contributed by atoms with Gasteiger partial charge < -0.3 is 0 Å². The highest BCUT2D eigenvalue weighted by atomic mass is 19.4. The lowest BCUT2D eigenvalue weighted by atomic mass is 9.96. The molecule has 0 N–H and O–H groups in total. The third-order valence-electron chi connectivity index (χ3n) is 1.82. The lowest BCUT2D eigenvalue weighted by Gasteiger charge is -2.33. The van der Waals surface area contributed by atoms with Crippen LogP contribution in [0.25, 0.3) is 0 Å². The summed E-state index contributed by atoms with van der Waals surface area (Å²) in [5.74, 6) is -18.3. The summed E-state index contributed by atoms with van der Waals surface area (Å²) in [4.78, 5) is 0. The van der Waals surface area contributed by atoms with Crippen LogP contribution in [0.15, 0.2) is 0 Å².